The van der Waals surface area contributed by atoms with E-state index in [0.29, 0.717) is 17.3 Å². The van der Waals surface area contributed by atoms with Gasteiger partial charge in [-0.05, 0) is 68.0 Å². The van der Waals surface area contributed by atoms with Crippen molar-refractivity contribution in [2.75, 3.05) is 37.8 Å². The molecule has 0 radical (unpaired) electrons. The van der Waals surface area contributed by atoms with Crippen LogP contribution in [-0.2, 0) is 10.0 Å². The van der Waals surface area contributed by atoms with Crippen LogP contribution in [0.5, 0.6) is 5.88 Å². The fourth-order valence-electron chi connectivity index (χ4n) is 3.61. The molecule has 2 amide bonds. The molecule has 10 nitrogen and oxygen atoms in total. The predicted octanol–water partition coefficient (Wildman–Crippen LogP) is 4.55. The molecule has 2 heterocycles. The Labute approximate surface area is 232 Å². The second kappa shape index (κ2) is 11.2. The quantitative estimate of drug-likeness (QED) is 0.235. The van der Waals surface area contributed by atoms with Crippen molar-refractivity contribution in [3.8, 4) is 11.6 Å². The maximum absolute atomic E-state index is 12.9. The summed E-state index contributed by atoms with van der Waals surface area (Å²) in [4.78, 5) is 27.3. The molecule has 0 aliphatic carbocycles. The highest BCUT2D eigenvalue weighted by molar-refractivity contribution is 7.92. The molecule has 38 heavy (non-hydrogen) atoms. The van der Waals surface area contributed by atoms with E-state index < -0.39 is 21.6 Å². The van der Waals surface area contributed by atoms with Gasteiger partial charge in [0.05, 0.1) is 15.0 Å². The Balaban J connectivity index is 1.55. The minimum Gasteiger partial charge on any atom is -0.494 e. The van der Waals surface area contributed by atoms with Crippen molar-refractivity contribution in [3.63, 3.8) is 0 Å². The van der Waals surface area contributed by atoms with E-state index in [1.54, 1.807) is 18.2 Å². The average Bonchev–Trinajstić information content (AvgIpc) is 3.27. The zero-order valence-corrected chi connectivity index (χ0v) is 23.3. The number of hydrogen-bond donors (Lipinski definition) is 4. The number of hydrogen-bond acceptors (Lipinski definition) is 8. The van der Waals surface area contributed by atoms with Crippen LogP contribution >= 0.6 is 34.5 Å². The lowest BCUT2D eigenvalue weighted by Gasteiger charge is -2.15. The number of carbonyl (C=O) groups excluding carboxylic acids is 1. The third-order valence-electron chi connectivity index (χ3n) is 5.38. The van der Waals surface area contributed by atoms with Crippen molar-refractivity contribution in [1.29, 1.82) is 0 Å². The number of benzene rings is 2. The Morgan fingerprint density at radius 1 is 1.05 bits per heavy atom. The lowest BCUT2D eigenvalue weighted by molar-refractivity contribution is 0.256. The maximum Gasteiger partial charge on any atom is 0.333 e. The molecule has 14 heteroatoms. The zero-order chi connectivity index (χ0) is 27.6. The van der Waals surface area contributed by atoms with Gasteiger partial charge in [0.1, 0.15) is 4.21 Å². The standard InChI is InChI=1S/C24H23Cl2N5O5S2/c1-30(2)10-9-27-15-3-5-17-14(11-15)12-21(32)31(23(17)33)19-6-4-16(13-18(19)25)28-24(34)29-38(35,36)22-8-7-20(26)37-22/h3-8,11-13,27,33H,9-10H2,1-2H3,(H2,28,29,34). The summed E-state index contributed by atoms with van der Waals surface area (Å²) >= 11 is 13.0. The molecule has 0 saturated carbocycles. The van der Waals surface area contributed by atoms with E-state index >= 15 is 0 Å². The molecule has 0 atom stereocenters. The van der Waals surface area contributed by atoms with Gasteiger partial charge in [-0.1, -0.05) is 23.2 Å². The second-order valence-corrected chi connectivity index (χ2v) is 12.5. The third kappa shape index (κ3) is 6.22. The van der Waals surface area contributed by atoms with Crippen molar-refractivity contribution in [2.45, 2.75) is 4.21 Å². The number of nitrogens with one attached hydrogen (secondary N) is 3. The Hall–Kier alpha value is -3.29. The van der Waals surface area contributed by atoms with Crippen molar-refractivity contribution in [3.05, 3.63) is 74.3 Å². The number of halogens is 2. The van der Waals surface area contributed by atoms with Crippen LogP contribution in [0.3, 0.4) is 0 Å². The van der Waals surface area contributed by atoms with E-state index in [1.807, 2.05) is 23.7 Å². The SMILES string of the molecule is CN(C)CCNc1ccc2c(O)n(-c3ccc(NC(=O)NS(=O)(=O)c4ccc(Cl)s4)cc3Cl)c(=O)cc2c1. The van der Waals surface area contributed by atoms with Crippen molar-refractivity contribution in [1.82, 2.24) is 14.2 Å². The normalized spacial score (nSPS) is 11.6. The summed E-state index contributed by atoms with van der Waals surface area (Å²) in [7, 11) is -0.169. The second-order valence-electron chi connectivity index (χ2n) is 8.46. The average molecular weight is 597 g/mol. The predicted molar refractivity (Wildman–Crippen MR) is 152 cm³/mol. The van der Waals surface area contributed by atoms with Crippen LogP contribution in [0.2, 0.25) is 9.36 Å². The van der Waals surface area contributed by atoms with Crippen LogP contribution in [0.25, 0.3) is 16.5 Å². The number of sulfonamides is 1. The number of likely N-dealkylation sites (N-methyl/N-ethyl adjacent to an activating group) is 1. The first-order chi connectivity index (χ1) is 17.9. The van der Waals surface area contributed by atoms with Crippen LogP contribution < -0.4 is 20.9 Å². The van der Waals surface area contributed by atoms with Crippen LogP contribution in [0.1, 0.15) is 0 Å². The molecule has 0 aliphatic rings. The Kier molecular flexibility index (Phi) is 8.19. The number of aromatic nitrogens is 1. The molecule has 4 N–H and O–H groups in total. The fourth-order valence-corrected chi connectivity index (χ4v) is 6.27. The molecular weight excluding hydrogens is 573 g/mol. The van der Waals surface area contributed by atoms with Gasteiger partial charge in [0.25, 0.3) is 15.6 Å². The number of carbonyl (C=O) groups is 1. The lowest BCUT2D eigenvalue weighted by atomic mass is 10.1. The summed E-state index contributed by atoms with van der Waals surface area (Å²) in [6.45, 7) is 1.54. The lowest BCUT2D eigenvalue weighted by Crippen LogP contribution is -2.33. The molecule has 0 fully saturated rings. The zero-order valence-electron chi connectivity index (χ0n) is 20.2. The van der Waals surface area contributed by atoms with Crippen LogP contribution in [0.4, 0.5) is 16.2 Å². The van der Waals surface area contributed by atoms with Gasteiger partial charge in [0.2, 0.25) is 5.88 Å². The van der Waals surface area contributed by atoms with Gasteiger partial charge in [0, 0.05) is 35.9 Å². The molecule has 0 saturated heterocycles. The third-order valence-corrected chi connectivity index (χ3v) is 8.74. The van der Waals surface area contributed by atoms with E-state index in [-0.39, 0.29) is 30.8 Å². The van der Waals surface area contributed by atoms with Gasteiger partial charge in [-0.3, -0.25) is 4.79 Å². The smallest absolute Gasteiger partial charge is 0.333 e. The number of aromatic hydroxyl groups is 1. The van der Waals surface area contributed by atoms with Crippen molar-refractivity contribution >= 4 is 72.7 Å². The number of thiophene rings is 1. The Bertz CT molecular complexity index is 1690. The summed E-state index contributed by atoms with van der Waals surface area (Å²) < 4.78 is 27.7. The van der Waals surface area contributed by atoms with Gasteiger partial charge < -0.3 is 20.6 Å². The number of rotatable bonds is 8. The molecule has 0 spiro atoms. The van der Waals surface area contributed by atoms with Gasteiger partial charge >= 0.3 is 6.03 Å². The monoisotopic (exact) mass is 595 g/mol. The summed E-state index contributed by atoms with van der Waals surface area (Å²) in [6, 6.07) is 12.5. The van der Waals surface area contributed by atoms with Crippen molar-refractivity contribution < 1.29 is 18.3 Å². The van der Waals surface area contributed by atoms with Crippen LogP contribution in [-0.4, -0.2) is 56.2 Å². The molecule has 200 valence electrons. The Morgan fingerprint density at radius 3 is 2.45 bits per heavy atom. The number of urea groups is 1. The van der Waals surface area contributed by atoms with Crippen molar-refractivity contribution in [2.24, 2.45) is 0 Å². The van der Waals surface area contributed by atoms with E-state index in [9.17, 15) is 23.1 Å². The topological polar surface area (TPSA) is 133 Å². The number of anilines is 2. The number of pyridine rings is 1. The largest absolute Gasteiger partial charge is 0.494 e. The van der Waals surface area contributed by atoms with E-state index in [1.165, 1.54) is 36.4 Å². The first kappa shape index (κ1) is 27.7. The highest BCUT2D eigenvalue weighted by Gasteiger charge is 2.20. The minimum atomic E-state index is -4.11. The molecule has 0 bridgehead atoms. The summed E-state index contributed by atoms with van der Waals surface area (Å²) in [5.74, 6) is -0.298. The first-order valence-electron chi connectivity index (χ1n) is 11.1. The van der Waals surface area contributed by atoms with Gasteiger partial charge in [-0.2, -0.15) is 0 Å². The molecule has 4 rings (SSSR count). The Morgan fingerprint density at radius 2 is 1.79 bits per heavy atom. The molecule has 2 aromatic heterocycles. The molecule has 4 aromatic rings. The number of amides is 2. The van der Waals surface area contributed by atoms with E-state index in [4.69, 9.17) is 23.2 Å². The summed E-state index contributed by atoms with van der Waals surface area (Å²) in [5.41, 5.74) is 0.641. The van der Waals surface area contributed by atoms with Gasteiger partial charge in [0.15, 0.2) is 0 Å². The number of nitrogens with zero attached hydrogens (tertiary/aromatic N) is 2. The first-order valence-corrected chi connectivity index (χ1v) is 14.2. The molecule has 2 aromatic carbocycles. The maximum atomic E-state index is 12.9. The molecular formula is C24H23Cl2N5O5S2. The summed E-state index contributed by atoms with van der Waals surface area (Å²) in [6.07, 6.45) is 0. The van der Waals surface area contributed by atoms with E-state index in [0.717, 1.165) is 28.1 Å². The van der Waals surface area contributed by atoms with Gasteiger partial charge in [-0.25, -0.2) is 22.5 Å². The van der Waals surface area contributed by atoms with Crippen LogP contribution in [0.15, 0.2) is 63.6 Å². The highest BCUT2D eigenvalue weighted by Crippen LogP contribution is 2.31. The van der Waals surface area contributed by atoms with E-state index in [2.05, 4.69) is 10.6 Å². The summed E-state index contributed by atoms with van der Waals surface area (Å²) in [5, 5.41) is 17.6. The minimum absolute atomic E-state index is 0.0365. The molecule has 0 aliphatic heterocycles. The molecule has 0 unspecified atom stereocenters. The number of fused-ring (bicyclic) bond motifs is 1. The van der Waals surface area contributed by atoms with Crippen LogP contribution in [0, 0.1) is 0 Å². The fraction of sp³-hybridized carbons (Fsp3) is 0.167. The van der Waals surface area contributed by atoms with Gasteiger partial charge in [-0.15, -0.1) is 11.3 Å². The highest BCUT2D eigenvalue weighted by atomic mass is 35.5.